The summed E-state index contributed by atoms with van der Waals surface area (Å²) in [6.07, 6.45) is 3.61. The number of amides is 1. The van der Waals surface area contributed by atoms with E-state index in [1.165, 1.54) is 0 Å². The summed E-state index contributed by atoms with van der Waals surface area (Å²) in [5.41, 5.74) is 4.03. The largest absolute Gasteiger partial charge is 0.331 e. The highest BCUT2D eigenvalue weighted by molar-refractivity contribution is 5.93. The van der Waals surface area contributed by atoms with Crippen LogP contribution in [0.25, 0.3) is 5.65 Å². The van der Waals surface area contributed by atoms with Crippen molar-refractivity contribution in [3.63, 3.8) is 0 Å². The van der Waals surface area contributed by atoms with Gasteiger partial charge in [0.2, 0.25) is 0 Å². The molecular formula is C15H16N6O. The molecule has 3 aromatic heterocycles. The molecule has 0 bridgehead atoms. The number of hydrogen-bond donors (Lipinski definition) is 0. The van der Waals surface area contributed by atoms with E-state index >= 15 is 0 Å². The Labute approximate surface area is 127 Å². The van der Waals surface area contributed by atoms with Crippen molar-refractivity contribution in [2.45, 2.75) is 26.9 Å². The van der Waals surface area contributed by atoms with Gasteiger partial charge in [-0.1, -0.05) is 0 Å². The lowest BCUT2D eigenvalue weighted by Gasteiger charge is -2.27. The molecule has 0 spiro atoms. The molecule has 0 saturated carbocycles. The average Bonchev–Trinajstić information content (AvgIpc) is 3.11. The SMILES string of the molecule is Cc1cc2nc(C(=O)N3CCn4cncc4C3)cc(C)n2n1. The summed E-state index contributed by atoms with van der Waals surface area (Å²) in [7, 11) is 0. The number of fused-ring (bicyclic) bond motifs is 2. The van der Waals surface area contributed by atoms with Crippen LogP contribution in [0, 0.1) is 13.8 Å². The average molecular weight is 296 g/mol. The molecule has 112 valence electrons. The van der Waals surface area contributed by atoms with E-state index in [4.69, 9.17) is 0 Å². The van der Waals surface area contributed by atoms with Crippen molar-refractivity contribution in [2.75, 3.05) is 6.54 Å². The van der Waals surface area contributed by atoms with Crippen LogP contribution < -0.4 is 0 Å². The fourth-order valence-electron chi connectivity index (χ4n) is 2.87. The second-order valence-corrected chi connectivity index (χ2v) is 5.64. The molecule has 4 rings (SSSR count). The van der Waals surface area contributed by atoms with Crippen LogP contribution in [0.4, 0.5) is 0 Å². The third-order valence-electron chi connectivity index (χ3n) is 4.00. The smallest absolute Gasteiger partial charge is 0.273 e. The quantitative estimate of drug-likeness (QED) is 0.676. The molecule has 1 aliphatic heterocycles. The molecule has 0 aliphatic carbocycles. The van der Waals surface area contributed by atoms with E-state index in [0.29, 0.717) is 24.4 Å². The summed E-state index contributed by atoms with van der Waals surface area (Å²) in [4.78, 5) is 23.1. The topological polar surface area (TPSA) is 68.3 Å². The second-order valence-electron chi connectivity index (χ2n) is 5.64. The van der Waals surface area contributed by atoms with Crippen LogP contribution in [0.5, 0.6) is 0 Å². The number of aromatic nitrogens is 5. The Morgan fingerprint density at radius 3 is 2.95 bits per heavy atom. The van der Waals surface area contributed by atoms with Gasteiger partial charge < -0.3 is 9.47 Å². The number of nitrogens with zero attached hydrogens (tertiary/aromatic N) is 6. The van der Waals surface area contributed by atoms with Crippen LogP contribution >= 0.6 is 0 Å². The Morgan fingerprint density at radius 2 is 2.09 bits per heavy atom. The van der Waals surface area contributed by atoms with Gasteiger partial charge in [0.05, 0.1) is 24.3 Å². The number of aryl methyl sites for hydroxylation is 2. The Kier molecular flexibility index (Phi) is 2.75. The van der Waals surface area contributed by atoms with Gasteiger partial charge in [0.1, 0.15) is 5.69 Å². The molecule has 1 amide bonds. The van der Waals surface area contributed by atoms with Gasteiger partial charge in [0.15, 0.2) is 5.65 Å². The van der Waals surface area contributed by atoms with Crippen LogP contribution in [-0.4, -0.2) is 41.5 Å². The molecule has 0 aromatic carbocycles. The zero-order valence-electron chi connectivity index (χ0n) is 12.5. The van der Waals surface area contributed by atoms with Crippen molar-refractivity contribution in [1.82, 2.24) is 29.0 Å². The molecule has 7 nitrogen and oxygen atoms in total. The summed E-state index contributed by atoms with van der Waals surface area (Å²) in [5.74, 6) is -0.0445. The second kappa shape index (κ2) is 4.66. The summed E-state index contributed by atoms with van der Waals surface area (Å²) >= 11 is 0. The Morgan fingerprint density at radius 1 is 1.23 bits per heavy atom. The van der Waals surface area contributed by atoms with Gasteiger partial charge in [-0.25, -0.2) is 14.5 Å². The van der Waals surface area contributed by atoms with Crippen LogP contribution in [0.3, 0.4) is 0 Å². The minimum Gasteiger partial charge on any atom is -0.331 e. The van der Waals surface area contributed by atoms with Gasteiger partial charge in [-0.05, 0) is 19.9 Å². The maximum absolute atomic E-state index is 12.7. The molecule has 0 saturated heterocycles. The van der Waals surface area contributed by atoms with Gasteiger partial charge >= 0.3 is 0 Å². The molecular weight excluding hydrogens is 280 g/mol. The Bertz CT molecular complexity index is 877. The van der Waals surface area contributed by atoms with Gasteiger partial charge in [0.25, 0.3) is 5.91 Å². The van der Waals surface area contributed by atoms with E-state index in [-0.39, 0.29) is 5.91 Å². The van der Waals surface area contributed by atoms with Crippen LogP contribution in [0.15, 0.2) is 24.7 Å². The fraction of sp³-hybridized carbons (Fsp3) is 0.333. The van der Waals surface area contributed by atoms with Gasteiger partial charge in [-0.3, -0.25) is 4.79 Å². The highest BCUT2D eigenvalue weighted by atomic mass is 16.2. The monoisotopic (exact) mass is 296 g/mol. The third-order valence-corrected chi connectivity index (χ3v) is 4.00. The minimum atomic E-state index is -0.0445. The fourth-order valence-corrected chi connectivity index (χ4v) is 2.87. The summed E-state index contributed by atoms with van der Waals surface area (Å²) in [6, 6.07) is 3.68. The van der Waals surface area contributed by atoms with Gasteiger partial charge in [-0.15, -0.1) is 0 Å². The van der Waals surface area contributed by atoms with Crippen molar-refractivity contribution in [1.29, 1.82) is 0 Å². The van der Waals surface area contributed by atoms with Crippen molar-refractivity contribution >= 4 is 11.6 Å². The van der Waals surface area contributed by atoms with E-state index in [0.717, 1.165) is 23.6 Å². The van der Waals surface area contributed by atoms with Crippen LogP contribution in [0.1, 0.15) is 27.6 Å². The van der Waals surface area contributed by atoms with Crippen LogP contribution in [-0.2, 0) is 13.1 Å². The molecule has 22 heavy (non-hydrogen) atoms. The molecule has 0 N–H and O–H groups in total. The normalized spacial score (nSPS) is 14.4. The minimum absolute atomic E-state index is 0.0445. The zero-order valence-corrected chi connectivity index (χ0v) is 12.5. The maximum Gasteiger partial charge on any atom is 0.273 e. The Balaban J connectivity index is 1.68. The first-order valence-corrected chi connectivity index (χ1v) is 7.24. The molecule has 0 fully saturated rings. The van der Waals surface area contributed by atoms with Crippen molar-refractivity contribution < 1.29 is 4.79 Å². The van der Waals surface area contributed by atoms with Crippen molar-refractivity contribution in [3.05, 3.63) is 47.4 Å². The lowest BCUT2D eigenvalue weighted by atomic mass is 10.2. The van der Waals surface area contributed by atoms with E-state index in [1.807, 2.05) is 31.0 Å². The molecule has 0 atom stereocenters. The lowest BCUT2D eigenvalue weighted by Crippen LogP contribution is -2.38. The van der Waals surface area contributed by atoms with E-state index in [2.05, 4.69) is 19.6 Å². The number of rotatable bonds is 1. The number of carbonyl (C=O) groups excluding carboxylic acids is 1. The van der Waals surface area contributed by atoms with Crippen molar-refractivity contribution in [2.24, 2.45) is 0 Å². The molecule has 4 heterocycles. The lowest BCUT2D eigenvalue weighted by molar-refractivity contribution is 0.0705. The highest BCUT2D eigenvalue weighted by Gasteiger charge is 2.23. The first-order valence-electron chi connectivity index (χ1n) is 7.24. The van der Waals surface area contributed by atoms with Gasteiger partial charge in [0, 0.05) is 31.0 Å². The van der Waals surface area contributed by atoms with Gasteiger partial charge in [-0.2, -0.15) is 5.10 Å². The molecule has 0 unspecified atom stereocenters. The maximum atomic E-state index is 12.7. The molecule has 0 radical (unpaired) electrons. The summed E-state index contributed by atoms with van der Waals surface area (Å²) < 4.78 is 3.84. The summed E-state index contributed by atoms with van der Waals surface area (Å²) in [6.45, 7) is 5.87. The highest BCUT2D eigenvalue weighted by Crippen LogP contribution is 2.16. The van der Waals surface area contributed by atoms with E-state index in [1.54, 1.807) is 16.9 Å². The predicted octanol–water partition coefficient (Wildman–Crippen LogP) is 1.20. The molecule has 3 aromatic rings. The third kappa shape index (κ3) is 1.97. The Hall–Kier alpha value is -2.70. The molecule has 7 heteroatoms. The first kappa shape index (κ1) is 13.0. The van der Waals surface area contributed by atoms with Crippen LogP contribution in [0.2, 0.25) is 0 Å². The van der Waals surface area contributed by atoms with E-state index < -0.39 is 0 Å². The first-order chi connectivity index (χ1) is 10.6. The summed E-state index contributed by atoms with van der Waals surface area (Å²) in [5, 5.41) is 4.37. The van der Waals surface area contributed by atoms with E-state index in [9.17, 15) is 4.79 Å². The number of imidazole rings is 1. The zero-order chi connectivity index (χ0) is 15.3. The number of carbonyl (C=O) groups is 1. The molecule has 1 aliphatic rings. The standard InChI is InChI=1S/C15H16N6O/c1-10-5-14-17-13(6-11(2)21(14)18-10)15(22)19-3-4-20-9-16-7-12(20)8-19/h5-7,9H,3-4,8H2,1-2H3. The van der Waals surface area contributed by atoms with Crippen molar-refractivity contribution in [3.8, 4) is 0 Å². The predicted molar refractivity (Wildman–Crippen MR) is 79.4 cm³/mol. The number of hydrogen-bond acceptors (Lipinski definition) is 4.